The number of rotatable bonds is 6. The minimum atomic E-state index is -0.768. The Kier molecular flexibility index (Phi) is 4.93. The molecule has 0 N–H and O–H groups in total. The van der Waals surface area contributed by atoms with Crippen LogP contribution < -0.4 is 9.47 Å². The molecule has 0 saturated carbocycles. The number of nitrogens with zero attached hydrogens (tertiary/aromatic N) is 1. The highest BCUT2D eigenvalue weighted by Crippen LogP contribution is 2.40. The van der Waals surface area contributed by atoms with Crippen LogP contribution in [0.1, 0.15) is 17.4 Å². The average molecular weight is 331 g/mol. The van der Waals surface area contributed by atoms with Crippen LogP contribution in [-0.2, 0) is 16.1 Å². The predicted molar refractivity (Wildman–Crippen MR) is 85.1 cm³/mol. The summed E-state index contributed by atoms with van der Waals surface area (Å²) in [5, 5.41) is 11.3. The van der Waals surface area contributed by atoms with Gasteiger partial charge in [-0.1, -0.05) is 30.3 Å². The van der Waals surface area contributed by atoms with Crippen LogP contribution >= 0.6 is 0 Å². The van der Waals surface area contributed by atoms with Gasteiger partial charge in [0.05, 0.1) is 36.9 Å². The minimum absolute atomic E-state index is 0.120. The summed E-state index contributed by atoms with van der Waals surface area (Å²) in [6.45, 7) is 1.11. The smallest absolute Gasteiger partial charge is 0.281 e. The highest BCUT2D eigenvalue weighted by molar-refractivity contribution is 5.55. The molecule has 1 aliphatic heterocycles. The van der Waals surface area contributed by atoms with Gasteiger partial charge in [-0.05, 0) is 11.6 Å². The van der Waals surface area contributed by atoms with E-state index in [1.165, 1.54) is 13.2 Å². The van der Waals surface area contributed by atoms with Crippen molar-refractivity contribution < 1.29 is 23.9 Å². The maximum atomic E-state index is 11.3. The minimum Gasteiger partial charge on any atom is -0.493 e. The molecule has 0 amide bonds. The van der Waals surface area contributed by atoms with E-state index in [-0.39, 0.29) is 5.69 Å². The molecule has 0 aromatic heterocycles. The molecule has 0 bridgehead atoms. The summed E-state index contributed by atoms with van der Waals surface area (Å²) in [6.07, 6.45) is -0.768. The summed E-state index contributed by atoms with van der Waals surface area (Å²) in [6, 6.07) is 12.5. The third-order valence-electron chi connectivity index (χ3n) is 3.62. The van der Waals surface area contributed by atoms with Crippen molar-refractivity contribution in [3.63, 3.8) is 0 Å². The number of hydrogen-bond donors (Lipinski definition) is 0. The van der Waals surface area contributed by atoms with E-state index in [0.717, 1.165) is 5.56 Å². The first-order valence-corrected chi connectivity index (χ1v) is 7.45. The fraction of sp³-hybridized carbons (Fsp3) is 0.294. The average Bonchev–Trinajstić information content (AvgIpc) is 3.14. The van der Waals surface area contributed by atoms with Crippen molar-refractivity contribution in [2.75, 3.05) is 20.3 Å². The van der Waals surface area contributed by atoms with E-state index in [9.17, 15) is 10.1 Å². The van der Waals surface area contributed by atoms with Crippen molar-refractivity contribution in [3.8, 4) is 11.5 Å². The number of benzene rings is 2. The molecule has 2 aromatic rings. The van der Waals surface area contributed by atoms with Crippen molar-refractivity contribution in [3.05, 3.63) is 63.7 Å². The lowest BCUT2D eigenvalue weighted by molar-refractivity contribution is -0.386. The van der Waals surface area contributed by atoms with Gasteiger partial charge in [0.1, 0.15) is 6.61 Å². The molecule has 3 rings (SSSR count). The normalized spacial score (nSPS) is 14.5. The van der Waals surface area contributed by atoms with Gasteiger partial charge in [-0.25, -0.2) is 0 Å². The summed E-state index contributed by atoms with van der Waals surface area (Å²) in [5.74, 6) is 0.695. The van der Waals surface area contributed by atoms with Gasteiger partial charge in [-0.3, -0.25) is 10.1 Å². The van der Waals surface area contributed by atoms with Crippen molar-refractivity contribution in [2.24, 2.45) is 0 Å². The second kappa shape index (κ2) is 7.29. The van der Waals surface area contributed by atoms with Crippen molar-refractivity contribution >= 4 is 5.69 Å². The Morgan fingerprint density at radius 2 is 1.88 bits per heavy atom. The summed E-state index contributed by atoms with van der Waals surface area (Å²) in [7, 11) is 1.44. The van der Waals surface area contributed by atoms with Crippen molar-refractivity contribution in [1.82, 2.24) is 0 Å². The lowest BCUT2D eigenvalue weighted by atomic mass is 10.1. The summed E-state index contributed by atoms with van der Waals surface area (Å²) >= 11 is 0. The highest BCUT2D eigenvalue weighted by atomic mass is 16.7. The summed E-state index contributed by atoms with van der Waals surface area (Å²) in [4.78, 5) is 10.9. The zero-order valence-corrected chi connectivity index (χ0v) is 13.1. The molecule has 0 spiro atoms. The third kappa shape index (κ3) is 3.47. The standard InChI is InChI=1S/C17H17NO6/c1-21-15-10-14(18(19)20)13(17-22-7-8-23-17)9-16(15)24-11-12-5-3-2-4-6-12/h2-6,9-10,17H,7-8,11H2,1H3. The van der Waals surface area contributed by atoms with E-state index >= 15 is 0 Å². The Morgan fingerprint density at radius 1 is 1.17 bits per heavy atom. The molecule has 0 unspecified atom stereocenters. The Bertz CT molecular complexity index is 713. The van der Waals surface area contributed by atoms with Crippen LogP contribution in [0.4, 0.5) is 5.69 Å². The molecule has 1 saturated heterocycles. The molecule has 2 aromatic carbocycles. The predicted octanol–water partition coefficient (Wildman–Crippen LogP) is 3.23. The first-order valence-electron chi connectivity index (χ1n) is 7.45. The molecule has 24 heavy (non-hydrogen) atoms. The Labute approximate surface area is 138 Å². The monoisotopic (exact) mass is 331 g/mol. The van der Waals surface area contributed by atoms with Crippen LogP contribution in [-0.4, -0.2) is 25.2 Å². The second-order valence-corrected chi connectivity index (χ2v) is 5.17. The lowest BCUT2D eigenvalue weighted by Crippen LogP contribution is -2.06. The number of methoxy groups -OCH3 is 1. The molecule has 7 heteroatoms. The van der Waals surface area contributed by atoms with Crippen LogP contribution in [0.15, 0.2) is 42.5 Å². The van der Waals surface area contributed by atoms with E-state index in [0.29, 0.717) is 36.9 Å². The molecule has 1 heterocycles. The largest absolute Gasteiger partial charge is 0.493 e. The second-order valence-electron chi connectivity index (χ2n) is 5.17. The van der Waals surface area contributed by atoms with E-state index in [4.69, 9.17) is 18.9 Å². The van der Waals surface area contributed by atoms with Crippen molar-refractivity contribution in [2.45, 2.75) is 12.9 Å². The van der Waals surface area contributed by atoms with Crippen LogP contribution in [0.3, 0.4) is 0 Å². The third-order valence-corrected chi connectivity index (χ3v) is 3.62. The number of nitro groups is 1. The Morgan fingerprint density at radius 3 is 2.50 bits per heavy atom. The van der Waals surface area contributed by atoms with E-state index < -0.39 is 11.2 Å². The van der Waals surface area contributed by atoms with Gasteiger partial charge < -0.3 is 18.9 Å². The maximum absolute atomic E-state index is 11.3. The van der Waals surface area contributed by atoms with Crippen LogP contribution in [0, 0.1) is 10.1 Å². The van der Waals surface area contributed by atoms with Gasteiger partial charge in [0.15, 0.2) is 17.8 Å². The van der Waals surface area contributed by atoms with Crippen LogP contribution in [0.25, 0.3) is 0 Å². The topological polar surface area (TPSA) is 80.1 Å². The summed E-state index contributed by atoms with van der Waals surface area (Å²) in [5.41, 5.74) is 1.18. The fourth-order valence-electron chi connectivity index (χ4n) is 2.46. The van der Waals surface area contributed by atoms with E-state index in [1.54, 1.807) is 6.07 Å². The Balaban J connectivity index is 1.91. The fourth-order valence-corrected chi connectivity index (χ4v) is 2.46. The highest BCUT2D eigenvalue weighted by Gasteiger charge is 2.29. The lowest BCUT2D eigenvalue weighted by Gasteiger charge is -2.15. The molecule has 0 aliphatic carbocycles. The maximum Gasteiger partial charge on any atom is 0.281 e. The number of nitro benzene ring substituents is 1. The van der Waals surface area contributed by atoms with Gasteiger partial charge in [0, 0.05) is 0 Å². The molecule has 7 nitrogen and oxygen atoms in total. The summed E-state index contributed by atoms with van der Waals surface area (Å²) < 4.78 is 21.8. The van der Waals surface area contributed by atoms with Gasteiger partial charge in [-0.15, -0.1) is 0 Å². The zero-order chi connectivity index (χ0) is 16.9. The van der Waals surface area contributed by atoms with Gasteiger partial charge in [-0.2, -0.15) is 0 Å². The number of hydrogen-bond acceptors (Lipinski definition) is 6. The zero-order valence-electron chi connectivity index (χ0n) is 13.1. The quantitative estimate of drug-likeness (QED) is 0.597. The van der Waals surface area contributed by atoms with E-state index in [2.05, 4.69) is 0 Å². The molecule has 0 atom stereocenters. The van der Waals surface area contributed by atoms with Gasteiger partial charge >= 0.3 is 0 Å². The molecule has 126 valence electrons. The first-order chi connectivity index (χ1) is 11.7. The van der Waals surface area contributed by atoms with Gasteiger partial charge in [0.25, 0.3) is 5.69 Å². The molecular weight excluding hydrogens is 314 g/mol. The van der Waals surface area contributed by atoms with Crippen molar-refractivity contribution in [1.29, 1.82) is 0 Å². The Hall–Kier alpha value is -2.64. The first kappa shape index (κ1) is 16.2. The van der Waals surface area contributed by atoms with Crippen LogP contribution in [0.2, 0.25) is 0 Å². The molecule has 0 radical (unpaired) electrons. The molecular formula is C17H17NO6. The van der Waals surface area contributed by atoms with Gasteiger partial charge in [0.2, 0.25) is 0 Å². The molecule has 1 aliphatic rings. The number of ether oxygens (including phenoxy) is 4. The van der Waals surface area contributed by atoms with Crippen LogP contribution in [0.5, 0.6) is 11.5 Å². The SMILES string of the molecule is COc1cc([N+](=O)[O-])c(C2OCCO2)cc1OCc1ccccc1. The van der Waals surface area contributed by atoms with E-state index in [1.807, 2.05) is 30.3 Å². The molecule has 1 fully saturated rings.